The molecule has 13 heavy (non-hydrogen) atoms. The molecule has 1 fully saturated rings. The van der Waals surface area contributed by atoms with Crippen LogP contribution in [0.25, 0.3) is 0 Å². The van der Waals surface area contributed by atoms with Gasteiger partial charge in [-0.2, -0.15) is 4.91 Å². The van der Waals surface area contributed by atoms with Crippen molar-refractivity contribution >= 4 is 0 Å². The second-order valence-corrected chi connectivity index (χ2v) is 3.14. The van der Waals surface area contributed by atoms with Gasteiger partial charge in [0.2, 0.25) is 0 Å². The summed E-state index contributed by atoms with van der Waals surface area (Å²) in [6.07, 6.45) is -3.81. The van der Waals surface area contributed by atoms with E-state index in [1.54, 1.807) is 6.92 Å². The summed E-state index contributed by atoms with van der Waals surface area (Å²) in [5.74, 6) is 0. The first-order valence-electron chi connectivity index (χ1n) is 4.06. The summed E-state index contributed by atoms with van der Waals surface area (Å²) in [5.41, 5.74) is 0. The highest BCUT2D eigenvalue weighted by Crippen LogP contribution is 2.22. The smallest absolute Gasteiger partial charge is 0.149 e. The molecule has 1 heterocycles. The summed E-state index contributed by atoms with van der Waals surface area (Å²) in [6, 6.07) is -1.12. The van der Waals surface area contributed by atoms with E-state index >= 15 is 0 Å². The average Bonchev–Trinajstić information content (AvgIpc) is 2.12. The van der Waals surface area contributed by atoms with Gasteiger partial charge in [0.05, 0.1) is 12.7 Å². The SMILES string of the molecule is CC1OC(CO)C(O)C(N=O)C1O. The zero-order chi connectivity index (χ0) is 10.0. The fraction of sp³-hybridized carbons (Fsp3) is 1.00. The zero-order valence-electron chi connectivity index (χ0n) is 7.20. The summed E-state index contributed by atoms with van der Waals surface area (Å²) in [7, 11) is 0. The van der Waals surface area contributed by atoms with Gasteiger partial charge in [0.15, 0.2) is 0 Å². The minimum Gasteiger partial charge on any atom is -0.394 e. The van der Waals surface area contributed by atoms with Crippen molar-refractivity contribution in [2.75, 3.05) is 6.61 Å². The first kappa shape index (κ1) is 10.5. The van der Waals surface area contributed by atoms with E-state index in [1.165, 1.54) is 0 Å². The number of rotatable bonds is 2. The van der Waals surface area contributed by atoms with Crippen molar-refractivity contribution in [3.63, 3.8) is 0 Å². The van der Waals surface area contributed by atoms with Gasteiger partial charge in [-0.3, -0.25) is 0 Å². The summed E-state index contributed by atoms with van der Waals surface area (Å²) < 4.78 is 5.04. The molecule has 76 valence electrons. The predicted molar refractivity (Wildman–Crippen MR) is 43.0 cm³/mol. The Balaban J connectivity index is 2.74. The number of aliphatic hydroxyl groups is 3. The molecule has 0 aromatic heterocycles. The molecule has 1 aliphatic rings. The van der Waals surface area contributed by atoms with E-state index in [0.717, 1.165) is 0 Å². The van der Waals surface area contributed by atoms with E-state index in [4.69, 9.17) is 9.84 Å². The molecule has 0 spiro atoms. The van der Waals surface area contributed by atoms with Gasteiger partial charge in [-0.1, -0.05) is 5.18 Å². The van der Waals surface area contributed by atoms with Crippen LogP contribution < -0.4 is 0 Å². The van der Waals surface area contributed by atoms with Gasteiger partial charge >= 0.3 is 0 Å². The van der Waals surface area contributed by atoms with Crippen molar-refractivity contribution in [3.05, 3.63) is 4.91 Å². The van der Waals surface area contributed by atoms with E-state index < -0.39 is 37.1 Å². The lowest BCUT2D eigenvalue weighted by Crippen LogP contribution is -2.56. The normalized spacial score (nSPS) is 46.0. The van der Waals surface area contributed by atoms with E-state index in [0.29, 0.717) is 0 Å². The third-order valence-corrected chi connectivity index (χ3v) is 2.25. The fourth-order valence-electron chi connectivity index (χ4n) is 1.41. The van der Waals surface area contributed by atoms with Gasteiger partial charge in [-0.25, -0.2) is 0 Å². The first-order valence-corrected chi connectivity index (χ1v) is 4.06. The van der Waals surface area contributed by atoms with Crippen LogP contribution in [-0.2, 0) is 4.74 Å². The number of aliphatic hydroxyl groups excluding tert-OH is 3. The molecule has 3 N–H and O–H groups in total. The Labute approximate surface area is 75.1 Å². The lowest BCUT2D eigenvalue weighted by Gasteiger charge is -2.37. The Kier molecular flexibility index (Phi) is 3.32. The van der Waals surface area contributed by atoms with Gasteiger partial charge in [0.25, 0.3) is 0 Å². The van der Waals surface area contributed by atoms with Crippen molar-refractivity contribution in [2.24, 2.45) is 5.18 Å². The van der Waals surface area contributed by atoms with Crippen LogP contribution >= 0.6 is 0 Å². The van der Waals surface area contributed by atoms with E-state index in [1.807, 2.05) is 0 Å². The minimum atomic E-state index is -1.24. The number of hydrogen-bond donors (Lipinski definition) is 3. The summed E-state index contributed by atoms with van der Waals surface area (Å²) in [4.78, 5) is 10.3. The highest BCUT2D eigenvalue weighted by Gasteiger charge is 2.43. The van der Waals surface area contributed by atoms with Crippen molar-refractivity contribution in [3.8, 4) is 0 Å². The van der Waals surface area contributed by atoms with Crippen molar-refractivity contribution in [1.29, 1.82) is 0 Å². The molecule has 0 aromatic rings. The molecular formula is C7H13NO5. The standard InChI is InChI=1S/C7H13NO5/c1-3-6(10)5(8-12)7(11)4(2-9)13-3/h3-7,9-11H,2H2,1H3. The third kappa shape index (κ3) is 1.86. The van der Waals surface area contributed by atoms with Crippen LogP contribution in [0.4, 0.5) is 0 Å². The molecule has 1 aliphatic heterocycles. The van der Waals surface area contributed by atoms with Gasteiger partial charge < -0.3 is 20.1 Å². The predicted octanol–water partition coefficient (Wildman–Crippen LogP) is -1.38. The molecule has 0 saturated carbocycles. The maximum Gasteiger partial charge on any atom is 0.149 e. The second-order valence-electron chi connectivity index (χ2n) is 3.14. The summed E-state index contributed by atoms with van der Waals surface area (Å²) in [5, 5.41) is 30.1. The molecule has 0 radical (unpaired) electrons. The molecular weight excluding hydrogens is 178 g/mol. The van der Waals surface area contributed by atoms with Crippen LogP contribution in [0, 0.1) is 4.91 Å². The quantitative estimate of drug-likeness (QED) is 0.467. The Morgan fingerprint density at radius 3 is 2.46 bits per heavy atom. The van der Waals surface area contributed by atoms with Crippen LogP contribution in [-0.4, -0.2) is 52.4 Å². The van der Waals surface area contributed by atoms with Gasteiger partial charge in [0.1, 0.15) is 24.4 Å². The van der Waals surface area contributed by atoms with Crippen molar-refractivity contribution < 1.29 is 20.1 Å². The Morgan fingerprint density at radius 2 is 2.00 bits per heavy atom. The lowest BCUT2D eigenvalue weighted by molar-refractivity contribution is -0.182. The van der Waals surface area contributed by atoms with Crippen molar-refractivity contribution in [2.45, 2.75) is 37.4 Å². The highest BCUT2D eigenvalue weighted by atomic mass is 16.5. The maximum atomic E-state index is 10.3. The third-order valence-electron chi connectivity index (χ3n) is 2.25. The highest BCUT2D eigenvalue weighted by molar-refractivity contribution is 4.94. The Morgan fingerprint density at radius 1 is 1.38 bits per heavy atom. The molecule has 6 nitrogen and oxygen atoms in total. The van der Waals surface area contributed by atoms with E-state index in [-0.39, 0.29) is 0 Å². The number of nitrogens with zero attached hydrogens (tertiary/aromatic N) is 1. The van der Waals surface area contributed by atoms with Crippen molar-refractivity contribution in [1.82, 2.24) is 0 Å². The molecule has 6 heteroatoms. The molecule has 5 unspecified atom stereocenters. The van der Waals surface area contributed by atoms with Crippen LogP contribution in [0.1, 0.15) is 6.92 Å². The summed E-state index contributed by atoms with van der Waals surface area (Å²) in [6.45, 7) is 1.15. The molecule has 0 aliphatic carbocycles. The first-order chi connectivity index (χ1) is 6.11. The number of hydrogen-bond acceptors (Lipinski definition) is 6. The molecule has 0 aromatic carbocycles. The minimum absolute atomic E-state index is 0.399. The van der Waals surface area contributed by atoms with Gasteiger partial charge in [-0.15, -0.1) is 0 Å². The van der Waals surface area contributed by atoms with Crippen LogP contribution in [0.15, 0.2) is 5.18 Å². The second kappa shape index (κ2) is 4.10. The topological polar surface area (TPSA) is 99.4 Å². The van der Waals surface area contributed by atoms with Crippen LogP contribution in [0.2, 0.25) is 0 Å². The lowest BCUT2D eigenvalue weighted by atomic mass is 9.94. The molecule has 5 atom stereocenters. The molecule has 0 bridgehead atoms. The van der Waals surface area contributed by atoms with Gasteiger partial charge in [-0.05, 0) is 6.92 Å². The van der Waals surface area contributed by atoms with E-state index in [2.05, 4.69) is 5.18 Å². The zero-order valence-corrected chi connectivity index (χ0v) is 7.20. The Hall–Kier alpha value is -0.560. The number of nitroso groups, excluding NO2 is 1. The van der Waals surface area contributed by atoms with E-state index in [9.17, 15) is 15.1 Å². The largest absolute Gasteiger partial charge is 0.394 e. The van der Waals surface area contributed by atoms with Gasteiger partial charge in [0, 0.05) is 0 Å². The molecule has 1 saturated heterocycles. The molecule has 1 rings (SSSR count). The fourth-order valence-corrected chi connectivity index (χ4v) is 1.41. The average molecular weight is 191 g/mol. The maximum absolute atomic E-state index is 10.3. The molecule has 0 amide bonds. The Bertz CT molecular complexity index is 188. The summed E-state index contributed by atoms with van der Waals surface area (Å²) >= 11 is 0. The van der Waals surface area contributed by atoms with Crippen LogP contribution in [0.3, 0.4) is 0 Å². The monoisotopic (exact) mass is 191 g/mol. The van der Waals surface area contributed by atoms with Crippen LogP contribution in [0.5, 0.6) is 0 Å². The number of ether oxygens (including phenoxy) is 1.